The maximum Gasteiger partial charge on any atom is 0.326 e. The third-order valence-electron chi connectivity index (χ3n) is 2.51. The lowest BCUT2D eigenvalue weighted by molar-refractivity contribution is -0.145. The lowest BCUT2D eigenvalue weighted by Crippen LogP contribution is -2.41. The summed E-state index contributed by atoms with van der Waals surface area (Å²) in [5.74, 6) is -0.833. The van der Waals surface area contributed by atoms with Crippen molar-refractivity contribution in [2.45, 2.75) is 6.04 Å². The maximum absolute atomic E-state index is 11.3. The molecule has 0 amide bonds. The molecule has 0 spiro atoms. The molecule has 88 valence electrons. The van der Waals surface area contributed by atoms with Gasteiger partial charge < -0.3 is 9.84 Å². The molecule has 2 rings (SSSR count). The average Bonchev–Trinajstić information content (AvgIpc) is 2.66. The smallest absolute Gasteiger partial charge is 0.326 e. The lowest BCUT2D eigenvalue weighted by atomic mass is 10.2. The number of carboxylic acid groups (broad SMARTS) is 1. The number of thiophene rings is 1. The van der Waals surface area contributed by atoms with E-state index in [1.807, 2.05) is 4.90 Å². The molecule has 1 aromatic rings. The van der Waals surface area contributed by atoms with Crippen molar-refractivity contribution in [1.29, 1.82) is 0 Å². The molecule has 6 heteroatoms. The van der Waals surface area contributed by atoms with E-state index in [9.17, 15) is 9.90 Å². The van der Waals surface area contributed by atoms with E-state index in [-0.39, 0.29) is 0 Å². The molecule has 4 nitrogen and oxygen atoms in total. The Morgan fingerprint density at radius 1 is 1.50 bits per heavy atom. The van der Waals surface area contributed by atoms with Crippen LogP contribution in [0, 0.1) is 0 Å². The predicted octanol–water partition coefficient (Wildman–Crippen LogP) is 1.86. The summed E-state index contributed by atoms with van der Waals surface area (Å²) in [6, 6.07) is 2.92. The first-order chi connectivity index (χ1) is 7.68. The Balaban J connectivity index is 2.19. The molecule has 0 bridgehead atoms. The second-order valence-electron chi connectivity index (χ2n) is 3.53. The van der Waals surface area contributed by atoms with Crippen LogP contribution < -0.4 is 0 Å². The van der Waals surface area contributed by atoms with E-state index in [2.05, 4.69) is 0 Å². The summed E-state index contributed by atoms with van der Waals surface area (Å²) in [6.45, 7) is 2.46. The predicted molar refractivity (Wildman–Crippen MR) is 62.1 cm³/mol. The first-order valence-corrected chi connectivity index (χ1v) is 6.18. The van der Waals surface area contributed by atoms with Crippen molar-refractivity contribution in [3.63, 3.8) is 0 Å². The third-order valence-corrected chi connectivity index (χ3v) is 3.79. The third kappa shape index (κ3) is 2.55. The number of carboxylic acids is 1. The number of carbonyl (C=O) groups is 1. The number of nitrogens with zero attached hydrogens (tertiary/aromatic N) is 1. The van der Waals surface area contributed by atoms with Crippen LogP contribution in [0.1, 0.15) is 10.9 Å². The molecule has 1 unspecified atom stereocenters. The molecule has 0 saturated carbocycles. The molecule has 0 radical (unpaired) electrons. The molecule has 1 aliphatic heterocycles. The van der Waals surface area contributed by atoms with E-state index in [1.54, 1.807) is 12.1 Å². The van der Waals surface area contributed by atoms with Gasteiger partial charge in [0.1, 0.15) is 6.04 Å². The Hall–Kier alpha value is -0.620. The summed E-state index contributed by atoms with van der Waals surface area (Å²) in [7, 11) is 0. The Morgan fingerprint density at radius 3 is 2.69 bits per heavy atom. The quantitative estimate of drug-likeness (QED) is 0.902. The van der Waals surface area contributed by atoms with Crippen molar-refractivity contribution in [2.75, 3.05) is 26.3 Å². The SMILES string of the molecule is O=C(O)C(c1ccc(Cl)s1)N1CCOCC1. The Morgan fingerprint density at radius 2 is 2.19 bits per heavy atom. The van der Waals surface area contributed by atoms with Crippen molar-refractivity contribution in [3.8, 4) is 0 Å². The minimum atomic E-state index is -0.833. The Bertz CT molecular complexity index is 376. The van der Waals surface area contributed by atoms with Gasteiger partial charge in [-0.1, -0.05) is 11.6 Å². The van der Waals surface area contributed by atoms with E-state index in [4.69, 9.17) is 16.3 Å². The van der Waals surface area contributed by atoms with Crippen LogP contribution in [-0.4, -0.2) is 42.3 Å². The highest BCUT2D eigenvalue weighted by molar-refractivity contribution is 7.16. The van der Waals surface area contributed by atoms with Gasteiger partial charge in [0.05, 0.1) is 17.6 Å². The average molecular weight is 262 g/mol. The fourth-order valence-corrected chi connectivity index (χ4v) is 2.96. The largest absolute Gasteiger partial charge is 0.480 e. The van der Waals surface area contributed by atoms with Crippen LogP contribution in [-0.2, 0) is 9.53 Å². The van der Waals surface area contributed by atoms with Crippen LogP contribution in [0.2, 0.25) is 4.34 Å². The molecular formula is C10H12ClNO3S. The number of halogens is 1. The number of aliphatic carboxylic acids is 1. The van der Waals surface area contributed by atoms with Gasteiger partial charge in [-0.2, -0.15) is 0 Å². The first kappa shape index (κ1) is 11.9. The van der Waals surface area contributed by atoms with Crippen LogP contribution in [0.25, 0.3) is 0 Å². The molecule has 2 heterocycles. The molecule has 16 heavy (non-hydrogen) atoms. The summed E-state index contributed by atoms with van der Waals surface area (Å²) in [5, 5.41) is 9.27. The van der Waals surface area contributed by atoms with Crippen LogP contribution in [0.3, 0.4) is 0 Å². The van der Waals surface area contributed by atoms with Crippen molar-refractivity contribution in [1.82, 2.24) is 4.90 Å². The number of ether oxygens (including phenoxy) is 1. The molecule has 1 saturated heterocycles. The summed E-state index contributed by atoms with van der Waals surface area (Å²) in [5.41, 5.74) is 0. The molecule has 0 aromatic carbocycles. The van der Waals surface area contributed by atoms with Gasteiger partial charge in [-0.05, 0) is 12.1 Å². The highest BCUT2D eigenvalue weighted by Gasteiger charge is 2.29. The number of hydrogen-bond donors (Lipinski definition) is 1. The zero-order chi connectivity index (χ0) is 11.5. The van der Waals surface area contributed by atoms with Gasteiger partial charge in [0, 0.05) is 18.0 Å². The van der Waals surface area contributed by atoms with Crippen LogP contribution in [0.5, 0.6) is 0 Å². The number of rotatable bonds is 3. The zero-order valence-electron chi connectivity index (χ0n) is 8.56. The molecule has 0 aliphatic carbocycles. The van der Waals surface area contributed by atoms with Crippen molar-refractivity contribution in [3.05, 3.63) is 21.3 Å². The maximum atomic E-state index is 11.3. The monoisotopic (exact) mass is 261 g/mol. The van der Waals surface area contributed by atoms with Crippen molar-refractivity contribution in [2.24, 2.45) is 0 Å². The van der Waals surface area contributed by atoms with Gasteiger partial charge in [-0.15, -0.1) is 11.3 Å². The molecule has 1 atom stereocenters. The first-order valence-electron chi connectivity index (χ1n) is 4.98. The van der Waals surface area contributed by atoms with Gasteiger partial charge in [-0.25, -0.2) is 0 Å². The second kappa shape index (κ2) is 5.14. The molecule has 1 aliphatic rings. The van der Waals surface area contributed by atoms with Gasteiger partial charge in [0.2, 0.25) is 0 Å². The summed E-state index contributed by atoms with van der Waals surface area (Å²) < 4.78 is 5.83. The minimum Gasteiger partial charge on any atom is -0.480 e. The standard InChI is InChI=1S/C10H12ClNO3S/c11-8-2-1-7(16-8)9(10(13)14)12-3-5-15-6-4-12/h1-2,9H,3-6H2,(H,13,14). The van der Waals surface area contributed by atoms with E-state index >= 15 is 0 Å². The van der Waals surface area contributed by atoms with Gasteiger partial charge in [0.15, 0.2) is 0 Å². The number of morpholine rings is 1. The summed E-state index contributed by atoms with van der Waals surface area (Å²) >= 11 is 7.15. The van der Waals surface area contributed by atoms with Crippen molar-refractivity contribution >= 4 is 28.9 Å². The Labute approximate surface area is 102 Å². The molecule has 1 N–H and O–H groups in total. The zero-order valence-corrected chi connectivity index (χ0v) is 10.1. The minimum absolute atomic E-state index is 0.586. The highest BCUT2D eigenvalue weighted by atomic mass is 35.5. The fraction of sp³-hybridized carbons (Fsp3) is 0.500. The van der Waals surface area contributed by atoms with Gasteiger partial charge in [0.25, 0.3) is 0 Å². The lowest BCUT2D eigenvalue weighted by Gasteiger charge is -2.31. The van der Waals surface area contributed by atoms with E-state index in [0.29, 0.717) is 30.6 Å². The van der Waals surface area contributed by atoms with E-state index in [0.717, 1.165) is 4.88 Å². The fourth-order valence-electron chi connectivity index (χ4n) is 1.77. The summed E-state index contributed by atoms with van der Waals surface area (Å²) in [6.07, 6.45) is 0. The Kier molecular flexibility index (Phi) is 3.81. The van der Waals surface area contributed by atoms with Gasteiger partial charge >= 0.3 is 5.97 Å². The summed E-state index contributed by atoms with van der Waals surface area (Å²) in [4.78, 5) is 14.0. The van der Waals surface area contributed by atoms with Crippen LogP contribution >= 0.6 is 22.9 Å². The van der Waals surface area contributed by atoms with Crippen molar-refractivity contribution < 1.29 is 14.6 Å². The topological polar surface area (TPSA) is 49.8 Å². The van der Waals surface area contributed by atoms with Gasteiger partial charge in [-0.3, -0.25) is 9.69 Å². The number of hydrogen-bond acceptors (Lipinski definition) is 4. The molecule has 1 aromatic heterocycles. The van der Waals surface area contributed by atoms with E-state index in [1.165, 1.54) is 11.3 Å². The second-order valence-corrected chi connectivity index (χ2v) is 5.28. The normalized spacial score (nSPS) is 19.6. The molecule has 1 fully saturated rings. The van der Waals surface area contributed by atoms with Crippen LogP contribution in [0.4, 0.5) is 0 Å². The van der Waals surface area contributed by atoms with E-state index < -0.39 is 12.0 Å². The molecular weight excluding hydrogens is 250 g/mol. The van der Waals surface area contributed by atoms with Crippen LogP contribution in [0.15, 0.2) is 12.1 Å². The highest BCUT2D eigenvalue weighted by Crippen LogP contribution is 2.31.